The molecule has 0 aromatic heterocycles. The molecule has 0 bridgehead atoms. The summed E-state index contributed by atoms with van der Waals surface area (Å²) in [7, 11) is 2.95. The van der Waals surface area contributed by atoms with E-state index in [9.17, 15) is 43.5 Å². The summed E-state index contributed by atoms with van der Waals surface area (Å²) in [6.07, 6.45) is 7.99. The molecule has 5 aromatic carbocycles. The highest BCUT2D eigenvalue weighted by molar-refractivity contribution is 6.05. The molecule has 0 fully saturated rings. The van der Waals surface area contributed by atoms with Crippen LogP contribution in [-0.4, -0.2) is 169 Å². The molecule has 5 aromatic rings. The zero-order valence-electron chi connectivity index (χ0n) is 53.0. The summed E-state index contributed by atoms with van der Waals surface area (Å²) in [6.45, 7) is 4.51. The van der Waals surface area contributed by atoms with E-state index in [4.69, 9.17) is 39.4 Å². The number of nitrogens with one attached hydrogen (secondary N) is 4. The summed E-state index contributed by atoms with van der Waals surface area (Å²) in [5.41, 5.74) is 12.2. The smallest absolute Gasteiger partial charge is 0.410 e. The van der Waals surface area contributed by atoms with Gasteiger partial charge in [-0.3, -0.25) is 38.8 Å². The first-order valence-corrected chi connectivity index (χ1v) is 31.6. The number of methoxy groups -OCH3 is 2. The van der Waals surface area contributed by atoms with E-state index in [-0.39, 0.29) is 100 Å². The van der Waals surface area contributed by atoms with Crippen molar-refractivity contribution in [1.82, 2.24) is 35.6 Å². The number of primary amides is 1. The van der Waals surface area contributed by atoms with Crippen LogP contribution < -0.4 is 45.9 Å². The standard InChI is InChI=1S/C69H79N11O14/c1-42(2)63(76-60(81)18-6-5-11-26-78-61(82)23-24-62(78)83)65(85)75-53(17-12-25-71-68(70)88)64(84)74-48-21-19-43(20-22-48)41-94-69(89)77(27-29-92-58-35-54-51(33-56(58)90-3)66(86)79-39-46-15-9-7-13-44(46)31-49(79)37-72-54)28-30-93-59-36-55-52(34-57(59)91-4)67(87)80-40-47-16-10-8-14-45(47)32-50(80)38-73-55/h7-10,13-16,19-24,33-38,42,49-50,53,61,63,82H,5-6,11-12,17-18,25-32,39-41H2,1-4H3,(H,74,84)(H,75,85)(H,76,81)(H3,70,71,88)/t49-,50-,53-,61?,63-/m0/s1. The molecule has 25 heteroatoms. The summed E-state index contributed by atoms with van der Waals surface area (Å²) in [4.78, 5) is 123. The van der Waals surface area contributed by atoms with Gasteiger partial charge < -0.3 is 75.4 Å². The van der Waals surface area contributed by atoms with Gasteiger partial charge in [-0.25, -0.2) is 9.59 Å². The van der Waals surface area contributed by atoms with E-state index < -0.39 is 42.3 Å². The summed E-state index contributed by atoms with van der Waals surface area (Å²) in [5, 5.41) is 20.9. The third-order valence-electron chi connectivity index (χ3n) is 17.2. The molecule has 7 N–H and O–H groups in total. The van der Waals surface area contributed by atoms with Crippen molar-refractivity contribution in [2.45, 2.75) is 115 Å². The maximum atomic E-state index is 14.2. The van der Waals surface area contributed by atoms with E-state index in [0.717, 1.165) is 22.3 Å². The lowest BCUT2D eigenvalue weighted by Gasteiger charge is -2.34. The van der Waals surface area contributed by atoms with E-state index in [1.54, 1.807) is 84.6 Å². The molecular weight excluding hydrogens is 1210 g/mol. The summed E-state index contributed by atoms with van der Waals surface area (Å²) in [5.74, 6) is -1.36. The number of hydrogen-bond acceptors (Lipinski definition) is 16. The predicted molar refractivity (Wildman–Crippen MR) is 349 cm³/mol. The Morgan fingerprint density at radius 3 is 1.78 bits per heavy atom. The van der Waals surface area contributed by atoms with Crippen LogP contribution in [0.25, 0.3) is 0 Å². The number of nitrogens with two attached hydrogens (primary N) is 1. The first-order chi connectivity index (χ1) is 45.4. The number of aliphatic hydroxyl groups is 1. The molecule has 0 spiro atoms. The SMILES string of the molecule is COc1cc2c(cc1OCCN(CCOc1cc3c(cc1OC)C(=O)N1Cc4ccccc4C[C@H]1C=N3)C(=O)OCc1ccc(NC(=O)[C@H](CCCNC(N)=O)NC(=O)[C@@H](NC(=O)CCCCCN3C(=O)C=CC3O)C(C)C)cc1)N=C[C@@H]1Cc3ccccc3CN1C2=O. The topological polar surface area (TPSA) is 315 Å². The van der Waals surface area contributed by atoms with Crippen molar-refractivity contribution in [1.29, 1.82) is 0 Å². The zero-order chi connectivity index (χ0) is 66.4. The highest BCUT2D eigenvalue weighted by Gasteiger charge is 2.36. The number of carbonyl (C=O) groups is 8. The molecule has 5 aliphatic heterocycles. The highest BCUT2D eigenvalue weighted by atomic mass is 16.6. The Bertz CT molecular complexity index is 3600. The number of carbonyl (C=O) groups excluding carboxylic acids is 8. The van der Waals surface area contributed by atoms with E-state index in [2.05, 4.69) is 33.4 Å². The van der Waals surface area contributed by atoms with Gasteiger partial charge in [0.1, 0.15) is 38.1 Å². The van der Waals surface area contributed by atoms with Gasteiger partial charge >= 0.3 is 12.1 Å². The number of amides is 9. The van der Waals surface area contributed by atoms with E-state index in [1.807, 2.05) is 36.4 Å². The minimum absolute atomic E-state index is 0.0146. The van der Waals surface area contributed by atoms with Crippen LogP contribution in [0.15, 0.2) is 119 Å². The lowest BCUT2D eigenvalue weighted by Crippen LogP contribution is -2.54. The Hall–Kier alpha value is -10.3. The molecule has 0 saturated heterocycles. The number of aliphatic hydroxyl groups excluding tert-OH is 1. The molecule has 0 aliphatic carbocycles. The maximum absolute atomic E-state index is 14.2. The number of unbranched alkanes of at least 4 members (excludes halogenated alkanes) is 2. The molecule has 494 valence electrons. The molecule has 5 heterocycles. The molecule has 9 amide bonds. The monoisotopic (exact) mass is 1290 g/mol. The fraction of sp³-hybridized carbons (Fsp3) is 0.391. The Morgan fingerprint density at radius 2 is 1.26 bits per heavy atom. The predicted octanol–water partition coefficient (Wildman–Crippen LogP) is 6.66. The van der Waals surface area contributed by atoms with Crippen LogP contribution in [-0.2, 0) is 56.5 Å². The van der Waals surface area contributed by atoms with Gasteiger partial charge in [0.15, 0.2) is 23.0 Å². The number of anilines is 1. The fourth-order valence-corrected chi connectivity index (χ4v) is 11.9. The summed E-state index contributed by atoms with van der Waals surface area (Å²) in [6, 6.07) is 25.8. The van der Waals surface area contributed by atoms with Gasteiger partial charge in [-0.15, -0.1) is 0 Å². The van der Waals surface area contributed by atoms with Crippen LogP contribution >= 0.6 is 0 Å². The van der Waals surface area contributed by atoms with Gasteiger partial charge in [-0.2, -0.15) is 0 Å². The summed E-state index contributed by atoms with van der Waals surface area (Å²) < 4.78 is 30.1. The van der Waals surface area contributed by atoms with E-state index in [1.165, 1.54) is 36.2 Å². The van der Waals surface area contributed by atoms with Crippen LogP contribution in [0, 0.1) is 5.92 Å². The van der Waals surface area contributed by atoms with Crippen molar-refractivity contribution < 1.29 is 67.1 Å². The average molecular weight is 1290 g/mol. The molecule has 94 heavy (non-hydrogen) atoms. The van der Waals surface area contributed by atoms with Crippen molar-refractivity contribution in [3.63, 3.8) is 0 Å². The van der Waals surface area contributed by atoms with Crippen molar-refractivity contribution in [2.24, 2.45) is 21.6 Å². The third-order valence-corrected chi connectivity index (χ3v) is 17.2. The lowest BCUT2D eigenvalue weighted by atomic mass is 9.94. The Labute approximate surface area is 544 Å². The number of urea groups is 1. The molecule has 0 saturated carbocycles. The number of fused-ring (bicyclic) bond motifs is 6. The molecule has 5 atom stereocenters. The van der Waals surface area contributed by atoms with Gasteiger partial charge in [0, 0.05) is 68.9 Å². The van der Waals surface area contributed by atoms with Crippen LogP contribution in [0.3, 0.4) is 0 Å². The minimum Gasteiger partial charge on any atom is -0.493 e. The third kappa shape index (κ3) is 16.3. The van der Waals surface area contributed by atoms with Gasteiger partial charge in [0.2, 0.25) is 23.6 Å². The van der Waals surface area contributed by atoms with Gasteiger partial charge in [-0.05, 0) is 103 Å². The first-order valence-electron chi connectivity index (χ1n) is 31.6. The molecule has 25 nitrogen and oxygen atoms in total. The van der Waals surface area contributed by atoms with Crippen molar-refractivity contribution >= 4 is 77.1 Å². The lowest BCUT2D eigenvalue weighted by molar-refractivity contribution is -0.132. The second-order valence-corrected chi connectivity index (χ2v) is 23.9. The minimum atomic E-state index is -1.10. The highest BCUT2D eigenvalue weighted by Crippen LogP contribution is 2.40. The van der Waals surface area contributed by atoms with Gasteiger partial charge in [0.05, 0.1) is 61.9 Å². The van der Waals surface area contributed by atoms with Crippen LogP contribution in [0.5, 0.6) is 23.0 Å². The van der Waals surface area contributed by atoms with Crippen LogP contribution in [0.1, 0.15) is 101 Å². The Morgan fingerprint density at radius 1 is 0.691 bits per heavy atom. The molecular formula is C69H79N11O14. The second-order valence-electron chi connectivity index (χ2n) is 23.9. The van der Waals surface area contributed by atoms with E-state index >= 15 is 0 Å². The van der Waals surface area contributed by atoms with Gasteiger partial charge in [-0.1, -0.05) is 80.9 Å². The van der Waals surface area contributed by atoms with Crippen molar-refractivity contribution in [2.75, 3.05) is 58.9 Å². The van der Waals surface area contributed by atoms with Crippen molar-refractivity contribution in [3.05, 3.63) is 148 Å². The van der Waals surface area contributed by atoms with Crippen LogP contribution in [0.4, 0.5) is 26.7 Å². The normalized spacial score (nSPS) is 17.2. The van der Waals surface area contributed by atoms with E-state index in [0.29, 0.717) is 108 Å². The molecule has 0 radical (unpaired) electrons. The number of benzene rings is 5. The van der Waals surface area contributed by atoms with Crippen LogP contribution in [0.2, 0.25) is 0 Å². The maximum Gasteiger partial charge on any atom is 0.410 e. The molecule has 5 aliphatic rings. The number of rotatable bonds is 28. The molecule has 1 unspecified atom stereocenters. The number of hydrogen-bond donors (Lipinski definition) is 6. The number of ether oxygens (including phenoxy) is 5. The first kappa shape index (κ1) is 66.6. The summed E-state index contributed by atoms with van der Waals surface area (Å²) >= 11 is 0. The zero-order valence-corrected chi connectivity index (χ0v) is 53.0. The fourth-order valence-electron chi connectivity index (χ4n) is 11.9. The Kier molecular flexibility index (Phi) is 21.9. The second kappa shape index (κ2) is 30.9. The molecule has 10 rings (SSSR count). The number of nitrogens with zero attached hydrogens (tertiary/aromatic N) is 6. The van der Waals surface area contributed by atoms with Gasteiger partial charge in [0.25, 0.3) is 11.8 Å². The number of aliphatic imine (C=N–C) groups is 2. The van der Waals surface area contributed by atoms with Crippen molar-refractivity contribution in [3.8, 4) is 23.0 Å². The Balaban J connectivity index is 0.788. The largest absolute Gasteiger partial charge is 0.493 e. The average Bonchev–Trinajstić information content (AvgIpc) is 1.54. The quantitative estimate of drug-likeness (QED) is 0.0286.